The van der Waals surface area contributed by atoms with E-state index in [0.29, 0.717) is 23.8 Å². The normalized spacial score (nSPS) is 14.2. The molecule has 3 aromatic rings. The van der Waals surface area contributed by atoms with Gasteiger partial charge in [0.15, 0.2) is 11.5 Å². The molecule has 0 spiro atoms. The number of rotatable bonds is 11. The highest BCUT2D eigenvalue weighted by molar-refractivity contribution is 5.79. The Morgan fingerprint density at radius 2 is 1.38 bits per heavy atom. The number of piperidine rings is 1. The van der Waals surface area contributed by atoms with Gasteiger partial charge in [0, 0.05) is 25.6 Å². The first-order valence-corrected chi connectivity index (χ1v) is 13.0. The third-order valence-corrected chi connectivity index (χ3v) is 7.11. The third-order valence-electron chi connectivity index (χ3n) is 7.11. The van der Waals surface area contributed by atoms with Gasteiger partial charge in [0.1, 0.15) is 0 Å². The number of amides is 1. The van der Waals surface area contributed by atoms with Crippen LogP contribution in [0.2, 0.25) is 0 Å². The summed E-state index contributed by atoms with van der Waals surface area (Å²) < 4.78 is 16.5. The number of hydrogen-bond acceptors (Lipinski definition) is 5. The summed E-state index contributed by atoms with van der Waals surface area (Å²) >= 11 is 0. The summed E-state index contributed by atoms with van der Waals surface area (Å²) in [5.41, 5.74) is 3.53. The van der Waals surface area contributed by atoms with Crippen molar-refractivity contribution >= 4 is 5.91 Å². The topological polar surface area (TPSA) is 51.2 Å². The standard InChI is InChI=1S/C31H38N2O4/c1-35-28-20-26(21-29(36-2)30(28)37-3)22-32-17-15-27(16-18-32)31(34)33(23-25-12-8-5-9-13-25)19-14-24-10-6-4-7-11-24/h4-13,20-21,27H,14-19,22-23H2,1-3H3. The molecule has 0 N–H and O–H groups in total. The van der Waals surface area contributed by atoms with Crippen LogP contribution < -0.4 is 14.2 Å². The number of ether oxygens (including phenoxy) is 3. The Balaban J connectivity index is 1.38. The van der Waals surface area contributed by atoms with Crippen molar-refractivity contribution in [1.29, 1.82) is 0 Å². The van der Waals surface area contributed by atoms with Crippen LogP contribution in [0, 0.1) is 5.92 Å². The van der Waals surface area contributed by atoms with E-state index >= 15 is 0 Å². The van der Waals surface area contributed by atoms with Crippen LogP contribution in [0.3, 0.4) is 0 Å². The Hall–Kier alpha value is -3.51. The summed E-state index contributed by atoms with van der Waals surface area (Å²) in [4.78, 5) is 18.1. The minimum Gasteiger partial charge on any atom is -0.493 e. The number of nitrogens with zero attached hydrogens (tertiary/aromatic N) is 2. The highest BCUT2D eigenvalue weighted by atomic mass is 16.5. The lowest BCUT2D eigenvalue weighted by atomic mass is 9.94. The van der Waals surface area contributed by atoms with E-state index in [4.69, 9.17) is 14.2 Å². The van der Waals surface area contributed by atoms with E-state index in [1.807, 2.05) is 36.4 Å². The summed E-state index contributed by atoms with van der Waals surface area (Å²) in [6, 6.07) is 24.7. The average Bonchev–Trinajstić information content (AvgIpc) is 2.95. The van der Waals surface area contributed by atoms with Crippen LogP contribution in [0.4, 0.5) is 0 Å². The van der Waals surface area contributed by atoms with E-state index in [1.54, 1.807) is 21.3 Å². The molecule has 0 aliphatic carbocycles. The van der Waals surface area contributed by atoms with Gasteiger partial charge < -0.3 is 19.1 Å². The molecule has 0 aromatic heterocycles. The molecule has 37 heavy (non-hydrogen) atoms. The molecule has 0 unspecified atom stereocenters. The summed E-state index contributed by atoms with van der Waals surface area (Å²) in [6.07, 6.45) is 2.58. The second kappa shape index (κ2) is 13.2. The summed E-state index contributed by atoms with van der Waals surface area (Å²) in [6.45, 7) is 3.91. The summed E-state index contributed by atoms with van der Waals surface area (Å²) in [5, 5.41) is 0. The van der Waals surface area contributed by atoms with Crippen molar-refractivity contribution in [2.45, 2.75) is 32.4 Å². The van der Waals surface area contributed by atoms with Gasteiger partial charge in [0.25, 0.3) is 0 Å². The molecule has 1 aliphatic heterocycles. The number of carbonyl (C=O) groups excluding carboxylic acids is 1. The predicted octanol–water partition coefficient (Wildman–Crippen LogP) is 5.20. The van der Waals surface area contributed by atoms with E-state index in [1.165, 1.54) is 11.1 Å². The van der Waals surface area contributed by atoms with Gasteiger partial charge in [-0.2, -0.15) is 0 Å². The lowest BCUT2D eigenvalue weighted by Gasteiger charge is -2.34. The maximum absolute atomic E-state index is 13.7. The fourth-order valence-electron chi connectivity index (χ4n) is 5.06. The zero-order chi connectivity index (χ0) is 26.0. The fourth-order valence-corrected chi connectivity index (χ4v) is 5.06. The van der Waals surface area contributed by atoms with E-state index < -0.39 is 0 Å². The second-order valence-electron chi connectivity index (χ2n) is 9.56. The monoisotopic (exact) mass is 502 g/mol. The van der Waals surface area contributed by atoms with Crippen LogP contribution in [0.1, 0.15) is 29.5 Å². The maximum atomic E-state index is 13.7. The SMILES string of the molecule is COc1cc(CN2CCC(C(=O)N(CCc3ccccc3)Cc3ccccc3)CC2)cc(OC)c1OC. The fraction of sp³-hybridized carbons (Fsp3) is 0.387. The summed E-state index contributed by atoms with van der Waals surface area (Å²) in [7, 11) is 4.89. The molecule has 0 bridgehead atoms. The zero-order valence-electron chi connectivity index (χ0n) is 22.2. The maximum Gasteiger partial charge on any atom is 0.226 e. The Kier molecular flexibility index (Phi) is 9.44. The first-order valence-electron chi connectivity index (χ1n) is 13.0. The molecule has 3 aromatic carbocycles. The first-order chi connectivity index (χ1) is 18.1. The molecule has 1 saturated heterocycles. The Labute approximate surface area is 220 Å². The zero-order valence-corrected chi connectivity index (χ0v) is 22.2. The first kappa shape index (κ1) is 26.6. The molecular weight excluding hydrogens is 464 g/mol. The van der Waals surface area contributed by atoms with Gasteiger partial charge in [0.2, 0.25) is 11.7 Å². The van der Waals surface area contributed by atoms with E-state index in [0.717, 1.165) is 51.0 Å². The molecule has 0 atom stereocenters. The van der Waals surface area contributed by atoms with Crippen LogP contribution in [-0.4, -0.2) is 56.7 Å². The molecule has 6 heteroatoms. The largest absolute Gasteiger partial charge is 0.493 e. The Bertz CT molecular complexity index is 1100. The average molecular weight is 503 g/mol. The predicted molar refractivity (Wildman–Crippen MR) is 146 cm³/mol. The van der Waals surface area contributed by atoms with Crippen LogP contribution in [0.15, 0.2) is 72.8 Å². The molecule has 0 radical (unpaired) electrons. The Morgan fingerprint density at radius 1 is 0.811 bits per heavy atom. The molecule has 1 heterocycles. The van der Waals surface area contributed by atoms with Gasteiger partial charge in [-0.25, -0.2) is 0 Å². The van der Waals surface area contributed by atoms with Crippen LogP contribution in [0.25, 0.3) is 0 Å². The molecule has 1 amide bonds. The van der Waals surface area contributed by atoms with Crippen molar-refractivity contribution < 1.29 is 19.0 Å². The summed E-state index contributed by atoms with van der Waals surface area (Å²) in [5.74, 6) is 2.25. The number of likely N-dealkylation sites (tertiary alicyclic amines) is 1. The third kappa shape index (κ3) is 7.04. The molecule has 1 aliphatic rings. The second-order valence-corrected chi connectivity index (χ2v) is 9.56. The molecule has 196 valence electrons. The van der Waals surface area contributed by atoms with Crippen molar-refractivity contribution in [3.8, 4) is 17.2 Å². The van der Waals surface area contributed by atoms with Crippen molar-refractivity contribution in [2.24, 2.45) is 5.92 Å². The molecule has 6 nitrogen and oxygen atoms in total. The van der Waals surface area contributed by atoms with E-state index in [2.05, 4.69) is 46.2 Å². The van der Waals surface area contributed by atoms with Crippen LogP contribution in [-0.2, 0) is 24.3 Å². The van der Waals surface area contributed by atoms with Gasteiger partial charge in [-0.1, -0.05) is 60.7 Å². The number of methoxy groups -OCH3 is 3. The lowest BCUT2D eigenvalue weighted by molar-refractivity contribution is -0.137. The Morgan fingerprint density at radius 3 is 1.92 bits per heavy atom. The van der Waals surface area contributed by atoms with Gasteiger partial charge in [-0.05, 0) is 61.2 Å². The molecule has 0 saturated carbocycles. The highest BCUT2D eigenvalue weighted by Gasteiger charge is 2.29. The van der Waals surface area contributed by atoms with E-state index in [9.17, 15) is 4.79 Å². The van der Waals surface area contributed by atoms with Crippen molar-refractivity contribution in [2.75, 3.05) is 41.0 Å². The minimum absolute atomic E-state index is 0.0516. The quantitative estimate of drug-likeness (QED) is 0.361. The van der Waals surface area contributed by atoms with E-state index in [-0.39, 0.29) is 11.8 Å². The smallest absolute Gasteiger partial charge is 0.226 e. The molecule has 1 fully saturated rings. The van der Waals surface area contributed by atoms with Crippen LogP contribution >= 0.6 is 0 Å². The van der Waals surface area contributed by atoms with Crippen molar-refractivity contribution in [3.05, 3.63) is 89.5 Å². The number of benzene rings is 3. The highest BCUT2D eigenvalue weighted by Crippen LogP contribution is 2.38. The number of carbonyl (C=O) groups is 1. The van der Waals surface area contributed by atoms with Gasteiger partial charge in [0.05, 0.1) is 21.3 Å². The van der Waals surface area contributed by atoms with Gasteiger partial charge >= 0.3 is 0 Å². The van der Waals surface area contributed by atoms with Crippen LogP contribution in [0.5, 0.6) is 17.2 Å². The molecular formula is C31H38N2O4. The minimum atomic E-state index is 0.0516. The van der Waals surface area contributed by atoms with Crippen molar-refractivity contribution in [3.63, 3.8) is 0 Å². The van der Waals surface area contributed by atoms with Gasteiger partial charge in [-0.15, -0.1) is 0 Å². The molecule has 4 rings (SSSR count). The van der Waals surface area contributed by atoms with Crippen molar-refractivity contribution in [1.82, 2.24) is 9.80 Å². The van der Waals surface area contributed by atoms with Gasteiger partial charge in [-0.3, -0.25) is 9.69 Å². The number of hydrogen-bond donors (Lipinski definition) is 0. The lowest BCUT2D eigenvalue weighted by Crippen LogP contribution is -2.42.